The molecule has 1 amide bonds. The van der Waals surface area contributed by atoms with Crippen LogP contribution < -0.4 is 0 Å². The fourth-order valence-corrected chi connectivity index (χ4v) is 3.21. The number of rotatable bonds is 3. The maximum atomic E-state index is 12.6. The molecule has 108 valence electrons. The molecule has 3 unspecified atom stereocenters. The van der Waals surface area contributed by atoms with Gasteiger partial charge in [0, 0.05) is 12.5 Å². The van der Waals surface area contributed by atoms with Gasteiger partial charge in [0.1, 0.15) is 0 Å². The van der Waals surface area contributed by atoms with Gasteiger partial charge in [-0.05, 0) is 18.8 Å². The van der Waals surface area contributed by atoms with Crippen molar-refractivity contribution in [2.24, 2.45) is 11.8 Å². The molecular formula is C14H23NO4. The lowest BCUT2D eigenvalue weighted by atomic mass is 9.79. The second kappa shape index (κ2) is 6.37. The van der Waals surface area contributed by atoms with Crippen LogP contribution in [0.15, 0.2) is 0 Å². The Hall–Kier alpha value is -1.10. The SMILES string of the molecule is CC1CCCCC1C(=O)N1CCOCC1CC(=O)O. The topological polar surface area (TPSA) is 66.8 Å². The van der Waals surface area contributed by atoms with Gasteiger partial charge in [-0.3, -0.25) is 9.59 Å². The van der Waals surface area contributed by atoms with Crippen LogP contribution in [-0.2, 0) is 14.3 Å². The molecule has 1 saturated heterocycles. The highest BCUT2D eigenvalue weighted by Crippen LogP contribution is 2.32. The lowest BCUT2D eigenvalue weighted by Gasteiger charge is -2.39. The quantitative estimate of drug-likeness (QED) is 0.843. The van der Waals surface area contributed by atoms with Crippen LogP contribution >= 0.6 is 0 Å². The second-order valence-electron chi connectivity index (χ2n) is 5.73. The molecule has 5 nitrogen and oxygen atoms in total. The number of ether oxygens (including phenoxy) is 1. The van der Waals surface area contributed by atoms with Gasteiger partial charge < -0.3 is 14.7 Å². The van der Waals surface area contributed by atoms with E-state index in [2.05, 4.69) is 6.92 Å². The van der Waals surface area contributed by atoms with Crippen LogP contribution in [0.3, 0.4) is 0 Å². The fourth-order valence-electron chi connectivity index (χ4n) is 3.21. The van der Waals surface area contributed by atoms with Crippen LogP contribution in [-0.4, -0.2) is 47.7 Å². The highest BCUT2D eigenvalue weighted by Gasteiger charge is 2.36. The minimum atomic E-state index is -0.870. The van der Waals surface area contributed by atoms with Gasteiger partial charge in [0.05, 0.1) is 25.7 Å². The molecule has 19 heavy (non-hydrogen) atoms. The molecule has 3 atom stereocenters. The zero-order valence-electron chi connectivity index (χ0n) is 11.5. The fraction of sp³-hybridized carbons (Fsp3) is 0.857. The van der Waals surface area contributed by atoms with Crippen LogP contribution in [0.4, 0.5) is 0 Å². The van der Waals surface area contributed by atoms with Crippen molar-refractivity contribution in [3.63, 3.8) is 0 Å². The summed E-state index contributed by atoms with van der Waals surface area (Å²) in [5.41, 5.74) is 0. The first-order valence-corrected chi connectivity index (χ1v) is 7.19. The number of hydrogen-bond acceptors (Lipinski definition) is 3. The summed E-state index contributed by atoms with van der Waals surface area (Å²) in [6.07, 6.45) is 4.33. The molecule has 0 aromatic carbocycles. The number of hydrogen-bond donors (Lipinski definition) is 1. The van der Waals surface area contributed by atoms with E-state index < -0.39 is 5.97 Å². The predicted molar refractivity (Wildman–Crippen MR) is 69.7 cm³/mol. The second-order valence-corrected chi connectivity index (χ2v) is 5.73. The van der Waals surface area contributed by atoms with Gasteiger partial charge in [-0.25, -0.2) is 0 Å². The average Bonchev–Trinajstić information content (AvgIpc) is 2.38. The Bertz CT molecular complexity index is 344. The number of carbonyl (C=O) groups is 2. The molecule has 1 aliphatic carbocycles. The Labute approximate surface area is 113 Å². The number of carboxylic acid groups (broad SMARTS) is 1. The van der Waals surface area contributed by atoms with E-state index in [4.69, 9.17) is 9.84 Å². The summed E-state index contributed by atoms with van der Waals surface area (Å²) in [7, 11) is 0. The summed E-state index contributed by atoms with van der Waals surface area (Å²) in [6, 6.07) is -0.298. The first kappa shape index (κ1) is 14.3. The molecule has 5 heteroatoms. The van der Waals surface area contributed by atoms with Crippen LogP contribution in [0, 0.1) is 11.8 Å². The van der Waals surface area contributed by atoms with Gasteiger partial charge in [0.2, 0.25) is 5.91 Å². The van der Waals surface area contributed by atoms with Crippen molar-refractivity contribution in [3.05, 3.63) is 0 Å². The standard InChI is InChI=1S/C14H23NO4/c1-10-4-2-3-5-12(10)14(18)15-6-7-19-9-11(15)8-13(16)17/h10-12H,2-9H2,1H3,(H,16,17). The van der Waals surface area contributed by atoms with Gasteiger partial charge >= 0.3 is 5.97 Å². The molecule has 1 N–H and O–H groups in total. The van der Waals surface area contributed by atoms with Crippen molar-refractivity contribution in [3.8, 4) is 0 Å². The van der Waals surface area contributed by atoms with E-state index in [9.17, 15) is 9.59 Å². The highest BCUT2D eigenvalue weighted by atomic mass is 16.5. The Kier molecular flexibility index (Phi) is 4.80. The summed E-state index contributed by atoms with van der Waals surface area (Å²) < 4.78 is 5.32. The summed E-state index contributed by atoms with van der Waals surface area (Å²) in [6.45, 7) is 3.52. The zero-order valence-corrected chi connectivity index (χ0v) is 11.5. The van der Waals surface area contributed by atoms with Gasteiger partial charge in [-0.2, -0.15) is 0 Å². The van der Waals surface area contributed by atoms with Crippen LogP contribution in [0.5, 0.6) is 0 Å². The van der Waals surface area contributed by atoms with Gasteiger partial charge in [-0.1, -0.05) is 19.8 Å². The smallest absolute Gasteiger partial charge is 0.305 e. The van der Waals surface area contributed by atoms with Crippen molar-refractivity contribution < 1.29 is 19.4 Å². The number of aliphatic carboxylic acids is 1. The van der Waals surface area contributed by atoms with E-state index in [0.29, 0.717) is 25.7 Å². The normalized spacial score (nSPS) is 32.1. The monoisotopic (exact) mass is 269 g/mol. The number of nitrogens with zero attached hydrogens (tertiary/aromatic N) is 1. The first-order chi connectivity index (χ1) is 9.09. The Morgan fingerprint density at radius 1 is 1.32 bits per heavy atom. The van der Waals surface area contributed by atoms with Crippen molar-refractivity contribution in [1.82, 2.24) is 4.90 Å². The minimum Gasteiger partial charge on any atom is -0.481 e. The van der Waals surface area contributed by atoms with E-state index in [1.165, 1.54) is 6.42 Å². The summed E-state index contributed by atoms with van der Waals surface area (Å²) in [5, 5.41) is 8.93. The molecule has 0 spiro atoms. The van der Waals surface area contributed by atoms with Crippen molar-refractivity contribution >= 4 is 11.9 Å². The first-order valence-electron chi connectivity index (χ1n) is 7.19. The molecule has 1 heterocycles. The number of carbonyl (C=O) groups excluding carboxylic acids is 1. The van der Waals surface area contributed by atoms with Crippen molar-refractivity contribution in [2.75, 3.05) is 19.8 Å². The maximum Gasteiger partial charge on any atom is 0.305 e. The van der Waals surface area contributed by atoms with Crippen LogP contribution in [0.2, 0.25) is 0 Å². The minimum absolute atomic E-state index is 0.0210. The molecule has 0 radical (unpaired) electrons. The zero-order chi connectivity index (χ0) is 13.8. The van der Waals surface area contributed by atoms with Crippen LogP contribution in [0.25, 0.3) is 0 Å². The van der Waals surface area contributed by atoms with E-state index in [0.717, 1.165) is 19.3 Å². The number of morpholine rings is 1. The van der Waals surface area contributed by atoms with Gasteiger partial charge in [0.25, 0.3) is 0 Å². The lowest BCUT2D eigenvalue weighted by molar-refractivity contribution is -0.151. The lowest BCUT2D eigenvalue weighted by Crippen LogP contribution is -2.52. The maximum absolute atomic E-state index is 12.6. The number of carboxylic acids is 1. The van der Waals surface area contributed by atoms with Crippen molar-refractivity contribution in [1.29, 1.82) is 0 Å². The molecule has 2 fully saturated rings. The summed E-state index contributed by atoms with van der Waals surface area (Å²) in [4.78, 5) is 25.3. The average molecular weight is 269 g/mol. The molecule has 1 aliphatic heterocycles. The summed E-state index contributed by atoms with van der Waals surface area (Å²) in [5.74, 6) is -0.246. The highest BCUT2D eigenvalue weighted by molar-refractivity contribution is 5.80. The van der Waals surface area contributed by atoms with Gasteiger partial charge in [-0.15, -0.1) is 0 Å². The van der Waals surface area contributed by atoms with E-state index >= 15 is 0 Å². The van der Waals surface area contributed by atoms with E-state index in [-0.39, 0.29) is 24.3 Å². The van der Waals surface area contributed by atoms with E-state index in [1.807, 2.05) is 0 Å². The molecule has 0 aromatic heterocycles. The van der Waals surface area contributed by atoms with Crippen molar-refractivity contribution in [2.45, 2.75) is 45.1 Å². The third kappa shape index (κ3) is 3.47. The molecule has 2 aliphatic rings. The molecule has 0 bridgehead atoms. The molecular weight excluding hydrogens is 246 g/mol. The molecule has 2 rings (SSSR count). The molecule has 0 aromatic rings. The largest absolute Gasteiger partial charge is 0.481 e. The Balaban J connectivity index is 2.03. The third-order valence-electron chi connectivity index (χ3n) is 4.35. The van der Waals surface area contributed by atoms with E-state index in [1.54, 1.807) is 4.90 Å². The van der Waals surface area contributed by atoms with Crippen LogP contribution in [0.1, 0.15) is 39.0 Å². The Morgan fingerprint density at radius 3 is 2.74 bits per heavy atom. The molecule has 1 saturated carbocycles. The summed E-state index contributed by atoms with van der Waals surface area (Å²) >= 11 is 0. The van der Waals surface area contributed by atoms with Gasteiger partial charge in [0.15, 0.2) is 0 Å². The number of amides is 1. The predicted octanol–water partition coefficient (Wildman–Crippen LogP) is 1.51. The third-order valence-corrected chi connectivity index (χ3v) is 4.35. The Morgan fingerprint density at radius 2 is 2.05 bits per heavy atom.